The minimum Gasteiger partial charge on any atom is -0.486 e. The maximum atomic E-state index is 12.5. The summed E-state index contributed by atoms with van der Waals surface area (Å²) in [5, 5.41) is 0. The second-order valence-electron chi connectivity index (χ2n) is 6.10. The molecule has 1 aliphatic heterocycles. The summed E-state index contributed by atoms with van der Waals surface area (Å²) in [5.74, 6) is 2.65. The van der Waals surface area contributed by atoms with Crippen LogP contribution in [0.1, 0.15) is 0 Å². The molecule has 0 atom stereocenters. The van der Waals surface area contributed by atoms with Crippen LogP contribution in [0.25, 0.3) is 10.2 Å². The predicted molar refractivity (Wildman–Crippen MR) is 117 cm³/mol. The first-order chi connectivity index (χ1) is 13.7. The number of rotatable bonds is 6. The van der Waals surface area contributed by atoms with E-state index in [4.69, 9.17) is 9.47 Å². The van der Waals surface area contributed by atoms with Crippen LogP contribution >= 0.6 is 34.9 Å². The topological polar surface area (TPSA) is 52.8 Å². The molecule has 5 nitrogen and oxygen atoms in total. The van der Waals surface area contributed by atoms with E-state index in [1.165, 1.54) is 23.1 Å². The molecule has 0 spiro atoms. The highest BCUT2D eigenvalue weighted by molar-refractivity contribution is 8.00. The molecule has 0 saturated heterocycles. The van der Waals surface area contributed by atoms with Gasteiger partial charge in [-0.25, -0.2) is 0 Å². The highest BCUT2D eigenvalue weighted by atomic mass is 32.2. The number of thiazole rings is 1. The molecule has 2 aromatic carbocycles. The fourth-order valence-electron chi connectivity index (χ4n) is 2.89. The molecule has 3 aromatic rings. The molecule has 0 bridgehead atoms. The summed E-state index contributed by atoms with van der Waals surface area (Å²) in [7, 11) is 0. The minimum absolute atomic E-state index is 0.129. The average Bonchev–Trinajstić information content (AvgIpc) is 3.05. The number of fused-ring (bicyclic) bond motifs is 2. The van der Waals surface area contributed by atoms with Gasteiger partial charge in [0.25, 0.3) is 5.91 Å². The van der Waals surface area contributed by atoms with Crippen molar-refractivity contribution < 1.29 is 14.3 Å². The lowest BCUT2D eigenvalue weighted by atomic mass is 10.2. The number of carbonyl (C=O) groups excluding carboxylic acids is 1. The molecule has 0 saturated carbocycles. The molecule has 4 rings (SSSR count). The minimum atomic E-state index is -0.129. The Hall–Kier alpha value is -1.90. The van der Waals surface area contributed by atoms with Gasteiger partial charge in [0.2, 0.25) is 0 Å². The standard InChI is InChI=1S/C20H20N2O3S3/c1-26-10-7-22-15-11-16-17(25-9-8-24-16)12-18(15)28-20(22)21-19(23)13-27-14-5-3-2-4-6-14/h2-6,11-12H,7-10,13H2,1H3. The van der Waals surface area contributed by atoms with Crippen LogP contribution in [0.5, 0.6) is 11.5 Å². The molecule has 146 valence electrons. The second kappa shape index (κ2) is 9.07. The molecular weight excluding hydrogens is 412 g/mol. The van der Waals surface area contributed by atoms with Crippen molar-refractivity contribution in [3.05, 3.63) is 47.3 Å². The fraction of sp³-hybridized carbons (Fsp3) is 0.300. The molecule has 28 heavy (non-hydrogen) atoms. The number of aryl methyl sites for hydroxylation is 1. The van der Waals surface area contributed by atoms with Gasteiger partial charge in [-0.2, -0.15) is 16.8 Å². The third-order valence-electron chi connectivity index (χ3n) is 4.19. The summed E-state index contributed by atoms with van der Waals surface area (Å²) < 4.78 is 14.6. The second-order valence-corrected chi connectivity index (χ2v) is 9.14. The van der Waals surface area contributed by atoms with Crippen molar-refractivity contribution in [3.8, 4) is 11.5 Å². The molecule has 0 N–H and O–H groups in total. The number of hydrogen-bond acceptors (Lipinski definition) is 6. The van der Waals surface area contributed by atoms with E-state index in [9.17, 15) is 4.79 Å². The Labute approximate surface area is 175 Å². The van der Waals surface area contributed by atoms with E-state index in [2.05, 4.69) is 15.8 Å². The summed E-state index contributed by atoms with van der Waals surface area (Å²) in [6.07, 6.45) is 2.08. The summed E-state index contributed by atoms with van der Waals surface area (Å²) in [5.41, 5.74) is 1.03. The SMILES string of the molecule is CSCCn1c(=NC(=O)CSc2ccccc2)sc2cc3c(cc21)OCCO3. The van der Waals surface area contributed by atoms with E-state index >= 15 is 0 Å². The van der Waals surface area contributed by atoms with Crippen molar-refractivity contribution in [1.82, 2.24) is 4.57 Å². The van der Waals surface area contributed by atoms with E-state index in [1.807, 2.05) is 42.5 Å². The third-order valence-corrected chi connectivity index (χ3v) is 6.82. The van der Waals surface area contributed by atoms with E-state index in [1.54, 1.807) is 11.8 Å². The van der Waals surface area contributed by atoms with Crippen molar-refractivity contribution in [2.75, 3.05) is 31.0 Å². The van der Waals surface area contributed by atoms with Crippen LogP contribution in [-0.2, 0) is 11.3 Å². The number of benzene rings is 2. The van der Waals surface area contributed by atoms with Crippen LogP contribution < -0.4 is 14.3 Å². The smallest absolute Gasteiger partial charge is 0.258 e. The number of ether oxygens (including phenoxy) is 2. The summed E-state index contributed by atoms with van der Waals surface area (Å²) >= 11 is 4.79. The quantitative estimate of drug-likeness (QED) is 0.550. The van der Waals surface area contributed by atoms with Crippen molar-refractivity contribution in [3.63, 3.8) is 0 Å². The van der Waals surface area contributed by atoms with Crippen molar-refractivity contribution in [2.24, 2.45) is 4.99 Å². The molecule has 1 aromatic heterocycles. The van der Waals surface area contributed by atoms with Crippen LogP contribution in [0.3, 0.4) is 0 Å². The van der Waals surface area contributed by atoms with Gasteiger partial charge in [-0.05, 0) is 18.4 Å². The number of aromatic nitrogens is 1. The molecule has 0 unspecified atom stereocenters. The lowest BCUT2D eigenvalue weighted by Crippen LogP contribution is -2.19. The Morgan fingerprint density at radius 3 is 2.68 bits per heavy atom. The Balaban J connectivity index is 1.66. The Bertz CT molecular complexity index is 1040. The third kappa shape index (κ3) is 4.39. The molecular formula is C20H20N2O3S3. The first kappa shape index (κ1) is 19.4. The van der Waals surface area contributed by atoms with Gasteiger partial charge >= 0.3 is 0 Å². The zero-order valence-corrected chi connectivity index (χ0v) is 17.9. The van der Waals surface area contributed by atoms with Crippen molar-refractivity contribution in [1.29, 1.82) is 0 Å². The highest BCUT2D eigenvalue weighted by Crippen LogP contribution is 2.35. The number of thioether (sulfide) groups is 2. The molecule has 0 radical (unpaired) electrons. The van der Waals surface area contributed by atoms with Crippen molar-refractivity contribution in [2.45, 2.75) is 11.4 Å². The lowest BCUT2D eigenvalue weighted by molar-refractivity contribution is -0.115. The van der Waals surface area contributed by atoms with Crippen LogP contribution in [0.15, 0.2) is 52.4 Å². The summed E-state index contributed by atoms with van der Waals surface area (Å²) in [6.45, 7) is 1.90. The number of carbonyl (C=O) groups is 1. The number of hydrogen-bond donors (Lipinski definition) is 0. The van der Waals surface area contributed by atoms with Gasteiger partial charge < -0.3 is 14.0 Å². The Morgan fingerprint density at radius 2 is 1.93 bits per heavy atom. The lowest BCUT2D eigenvalue weighted by Gasteiger charge is -2.18. The molecule has 0 aliphatic carbocycles. The predicted octanol–water partition coefficient (Wildman–Crippen LogP) is 4.06. The zero-order valence-electron chi connectivity index (χ0n) is 15.4. The fourth-order valence-corrected chi connectivity index (χ4v) is 5.04. The van der Waals surface area contributed by atoms with E-state index in [0.717, 1.165) is 43.7 Å². The molecule has 2 heterocycles. The van der Waals surface area contributed by atoms with Gasteiger partial charge in [-0.15, -0.1) is 11.8 Å². The molecule has 1 aliphatic rings. The van der Waals surface area contributed by atoms with E-state index < -0.39 is 0 Å². The zero-order chi connectivity index (χ0) is 19.3. The van der Waals surface area contributed by atoms with Gasteiger partial charge in [-0.1, -0.05) is 29.5 Å². The maximum Gasteiger partial charge on any atom is 0.258 e. The van der Waals surface area contributed by atoms with E-state index in [-0.39, 0.29) is 5.91 Å². The van der Waals surface area contributed by atoms with Crippen LogP contribution in [-0.4, -0.2) is 41.4 Å². The van der Waals surface area contributed by atoms with Gasteiger partial charge in [-0.3, -0.25) is 4.79 Å². The van der Waals surface area contributed by atoms with E-state index in [0.29, 0.717) is 19.0 Å². The van der Waals surface area contributed by atoms with Crippen molar-refractivity contribution >= 4 is 51.0 Å². The van der Waals surface area contributed by atoms with Crippen LogP contribution in [0.2, 0.25) is 0 Å². The van der Waals surface area contributed by atoms with Gasteiger partial charge in [0, 0.05) is 29.3 Å². The summed E-state index contributed by atoms with van der Waals surface area (Å²) in [6, 6.07) is 13.9. The van der Waals surface area contributed by atoms with Crippen LogP contribution in [0, 0.1) is 0 Å². The first-order valence-electron chi connectivity index (χ1n) is 8.92. The summed E-state index contributed by atoms with van der Waals surface area (Å²) in [4.78, 5) is 18.7. The van der Waals surface area contributed by atoms with Gasteiger partial charge in [0.15, 0.2) is 16.3 Å². The molecule has 8 heteroatoms. The monoisotopic (exact) mass is 432 g/mol. The Morgan fingerprint density at radius 1 is 1.18 bits per heavy atom. The van der Waals surface area contributed by atoms with Crippen LogP contribution in [0.4, 0.5) is 0 Å². The Kier molecular flexibility index (Phi) is 6.29. The molecule has 0 fully saturated rings. The average molecular weight is 433 g/mol. The normalized spacial score (nSPS) is 13.8. The first-order valence-corrected chi connectivity index (χ1v) is 12.1. The maximum absolute atomic E-state index is 12.5. The largest absolute Gasteiger partial charge is 0.486 e. The number of amides is 1. The highest BCUT2D eigenvalue weighted by Gasteiger charge is 2.16. The van der Waals surface area contributed by atoms with Gasteiger partial charge in [0.05, 0.1) is 16.0 Å². The van der Waals surface area contributed by atoms with Gasteiger partial charge in [0.1, 0.15) is 13.2 Å². The number of nitrogens with zero attached hydrogens (tertiary/aromatic N) is 2. The molecule has 1 amide bonds.